The molecule has 0 aliphatic heterocycles. The van der Waals surface area contributed by atoms with Crippen molar-refractivity contribution in [2.75, 3.05) is 0 Å². The lowest BCUT2D eigenvalue weighted by atomic mass is 9.96. The van der Waals surface area contributed by atoms with E-state index in [1.807, 2.05) is 20.8 Å². The van der Waals surface area contributed by atoms with Crippen LogP contribution < -0.4 is 5.32 Å². The van der Waals surface area contributed by atoms with Crippen molar-refractivity contribution >= 4 is 11.9 Å². The van der Waals surface area contributed by atoms with Crippen LogP contribution in [-0.2, 0) is 11.3 Å². The smallest absolute Gasteiger partial charge is 0.339 e. The van der Waals surface area contributed by atoms with Gasteiger partial charge < -0.3 is 19.4 Å². The second kappa shape index (κ2) is 6.68. The summed E-state index contributed by atoms with van der Waals surface area (Å²) in [5.74, 6) is 0.244. The molecule has 2 heterocycles. The molecule has 0 aliphatic rings. The molecular weight excluding hydrogens is 300 g/mol. The normalized spacial score (nSPS) is 12.2. The number of rotatable bonds is 6. The molecule has 0 radical (unpaired) electrons. The zero-order chi connectivity index (χ0) is 17.1. The van der Waals surface area contributed by atoms with Crippen molar-refractivity contribution in [3.8, 4) is 0 Å². The van der Waals surface area contributed by atoms with E-state index >= 15 is 0 Å². The van der Waals surface area contributed by atoms with Gasteiger partial charge in [-0.25, -0.2) is 4.79 Å². The second-order valence-electron chi connectivity index (χ2n) is 5.61. The standard InChI is InChI=1S/C16H20N2O5/c1-8(15-9(2)18-23-11(15)4)5-14(19)17-7-12-6-13(16(20)21)10(3)22-12/h6,8H,5,7H2,1-4H3,(H,17,19)(H,20,21). The van der Waals surface area contributed by atoms with E-state index in [0.717, 1.165) is 17.0 Å². The van der Waals surface area contributed by atoms with E-state index in [4.69, 9.17) is 14.0 Å². The number of carboxylic acid groups (broad SMARTS) is 1. The second-order valence-corrected chi connectivity index (χ2v) is 5.61. The van der Waals surface area contributed by atoms with E-state index in [1.54, 1.807) is 6.92 Å². The van der Waals surface area contributed by atoms with Crippen LogP contribution in [0.15, 0.2) is 15.0 Å². The Kier molecular flexibility index (Phi) is 4.88. The number of nitrogens with zero attached hydrogens (tertiary/aromatic N) is 1. The van der Waals surface area contributed by atoms with Crippen molar-refractivity contribution in [3.63, 3.8) is 0 Å². The van der Waals surface area contributed by atoms with Gasteiger partial charge in [-0.3, -0.25) is 4.79 Å². The number of amides is 1. The molecule has 2 N–H and O–H groups in total. The van der Waals surface area contributed by atoms with Gasteiger partial charge in [-0.15, -0.1) is 0 Å². The molecule has 0 saturated carbocycles. The molecule has 0 fully saturated rings. The third kappa shape index (κ3) is 3.80. The minimum Gasteiger partial charge on any atom is -0.478 e. The predicted molar refractivity (Wildman–Crippen MR) is 81.3 cm³/mol. The molecule has 0 spiro atoms. The van der Waals surface area contributed by atoms with Crippen LogP contribution in [0.1, 0.15) is 58.2 Å². The van der Waals surface area contributed by atoms with Gasteiger partial charge in [0.05, 0.1) is 12.2 Å². The molecule has 23 heavy (non-hydrogen) atoms. The highest BCUT2D eigenvalue weighted by Gasteiger charge is 2.20. The molecular formula is C16H20N2O5. The third-order valence-electron chi connectivity index (χ3n) is 3.73. The van der Waals surface area contributed by atoms with Crippen LogP contribution in [-0.4, -0.2) is 22.1 Å². The molecule has 0 saturated heterocycles. The van der Waals surface area contributed by atoms with Crippen LogP contribution >= 0.6 is 0 Å². The fourth-order valence-corrected chi connectivity index (χ4v) is 2.67. The van der Waals surface area contributed by atoms with Gasteiger partial charge in [0, 0.05) is 12.0 Å². The lowest BCUT2D eigenvalue weighted by Crippen LogP contribution is -2.24. The Morgan fingerprint density at radius 2 is 2.00 bits per heavy atom. The summed E-state index contributed by atoms with van der Waals surface area (Å²) >= 11 is 0. The number of nitrogens with one attached hydrogen (secondary N) is 1. The maximum absolute atomic E-state index is 12.1. The number of aryl methyl sites for hydroxylation is 3. The summed E-state index contributed by atoms with van der Waals surface area (Å²) < 4.78 is 10.4. The number of hydrogen-bond donors (Lipinski definition) is 2. The molecule has 2 aromatic heterocycles. The highest BCUT2D eigenvalue weighted by molar-refractivity contribution is 5.88. The predicted octanol–water partition coefficient (Wildman–Crippen LogP) is 2.70. The Balaban J connectivity index is 1.93. The maximum atomic E-state index is 12.1. The van der Waals surface area contributed by atoms with Crippen LogP contribution in [0.25, 0.3) is 0 Å². The van der Waals surface area contributed by atoms with Gasteiger partial charge in [0.2, 0.25) is 5.91 Å². The van der Waals surface area contributed by atoms with Gasteiger partial charge in [-0.1, -0.05) is 12.1 Å². The van der Waals surface area contributed by atoms with Gasteiger partial charge in [-0.2, -0.15) is 0 Å². The maximum Gasteiger partial charge on any atom is 0.339 e. The number of carbonyl (C=O) groups is 2. The fourth-order valence-electron chi connectivity index (χ4n) is 2.67. The van der Waals surface area contributed by atoms with Gasteiger partial charge in [0.15, 0.2) is 0 Å². The van der Waals surface area contributed by atoms with Crippen molar-refractivity contribution in [2.45, 2.75) is 46.6 Å². The Morgan fingerprint density at radius 1 is 1.30 bits per heavy atom. The molecule has 7 heteroatoms. The Morgan fingerprint density at radius 3 is 2.52 bits per heavy atom. The van der Waals surface area contributed by atoms with Crippen molar-refractivity contribution < 1.29 is 23.6 Å². The number of carbonyl (C=O) groups excluding carboxylic acids is 1. The van der Waals surface area contributed by atoms with Gasteiger partial charge in [0.25, 0.3) is 0 Å². The van der Waals surface area contributed by atoms with Crippen molar-refractivity contribution in [1.29, 1.82) is 0 Å². The monoisotopic (exact) mass is 320 g/mol. The molecule has 1 amide bonds. The first-order valence-corrected chi connectivity index (χ1v) is 7.31. The topological polar surface area (TPSA) is 106 Å². The molecule has 124 valence electrons. The van der Waals surface area contributed by atoms with Crippen LogP contribution in [0.2, 0.25) is 0 Å². The van der Waals surface area contributed by atoms with E-state index in [1.165, 1.54) is 6.07 Å². The summed E-state index contributed by atoms with van der Waals surface area (Å²) in [6, 6.07) is 1.43. The Labute approximate surface area is 133 Å². The average Bonchev–Trinajstić information content (AvgIpc) is 2.99. The minimum absolute atomic E-state index is 0.0193. The average molecular weight is 320 g/mol. The van der Waals surface area contributed by atoms with Crippen LogP contribution in [0.3, 0.4) is 0 Å². The largest absolute Gasteiger partial charge is 0.478 e. The number of furan rings is 1. The SMILES string of the molecule is Cc1noc(C)c1C(C)CC(=O)NCc1cc(C(=O)O)c(C)o1. The molecule has 2 aromatic rings. The van der Waals surface area contributed by atoms with Gasteiger partial charge >= 0.3 is 5.97 Å². The summed E-state index contributed by atoms with van der Waals surface area (Å²) in [6.07, 6.45) is 0.286. The fraction of sp³-hybridized carbons (Fsp3) is 0.438. The lowest BCUT2D eigenvalue weighted by molar-refractivity contribution is -0.121. The quantitative estimate of drug-likeness (QED) is 0.847. The van der Waals surface area contributed by atoms with E-state index in [9.17, 15) is 9.59 Å². The van der Waals surface area contributed by atoms with Crippen LogP contribution in [0, 0.1) is 20.8 Å². The summed E-state index contributed by atoms with van der Waals surface area (Å²) in [5.41, 5.74) is 1.84. The summed E-state index contributed by atoms with van der Waals surface area (Å²) in [4.78, 5) is 23.0. The third-order valence-corrected chi connectivity index (χ3v) is 3.73. The number of hydrogen-bond acceptors (Lipinski definition) is 5. The van der Waals surface area contributed by atoms with E-state index < -0.39 is 5.97 Å². The molecule has 0 aliphatic carbocycles. The number of aromatic nitrogens is 1. The molecule has 1 atom stereocenters. The van der Waals surface area contributed by atoms with E-state index in [2.05, 4.69) is 10.5 Å². The van der Waals surface area contributed by atoms with Crippen molar-refractivity contribution in [3.05, 3.63) is 40.2 Å². The summed E-state index contributed by atoms with van der Waals surface area (Å²) in [7, 11) is 0. The zero-order valence-corrected chi connectivity index (χ0v) is 13.6. The first-order chi connectivity index (χ1) is 10.8. The van der Waals surface area contributed by atoms with Gasteiger partial charge in [0.1, 0.15) is 22.8 Å². The van der Waals surface area contributed by atoms with Gasteiger partial charge in [-0.05, 0) is 32.8 Å². The summed E-state index contributed by atoms with van der Waals surface area (Å²) in [6.45, 7) is 7.34. The lowest BCUT2D eigenvalue weighted by Gasteiger charge is -2.10. The van der Waals surface area contributed by atoms with Crippen LogP contribution in [0.4, 0.5) is 0 Å². The molecule has 0 bridgehead atoms. The molecule has 0 aromatic carbocycles. The van der Waals surface area contributed by atoms with Crippen molar-refractivity contribution in [2.24, 2.45) is 0 Å². The first-order valence-electron chi connectivity index (χ1n) is 7.31. The van der Waals surface area contributed by atoms with E-state index in [0.29, 0.717) is 11.5 Å². The van der Waals surface area contributed by atoms with Crippen molar-refractivity contribution in [1.82, 2.24) is 10.5 Å². The van der Waals surface area contributed by atoms with E-state index in [-0.39, 0.29) is 30.4 Å². The number of aromatic carboxylic acids is 1. The number of carboxylic acids is 1. The molecule has 2 rings (SSSR count). The van der Waals surface area contributed by atoms with Crippen LogP contribution in [0.5, 0.6) is 0 Å². The summed E-state index contributed by atoms with van der Waals surface area (Å²) in [5, 5.41) is 15.6. The molecule has 7 nitrogen and oxygen atoms in total. The highest BCUT2D eigenvalue weighted by Crippen LogP contribution is 2.25. The Bertz CT molecular complexity index is 709. The Hall–Kier alpha value is -2.57. The minimum atomic E-state index is -1.05. The first kappa shape index (κ1) is 16.8. The zero-order valence-electron chi connectivity index (χ0n) is 13.6. The highest BCUT2D eigenvalue weighted by atomic mass is 16.5. The molecule has 1 unspecified atom stereocenters.